The van der Waals surface area contributed by atoms with E-state index in [0.717, 1.165) is 0 Å². The number of esters is 1. The smallest absolute Gasteiger partial charge is 0.392 e. The minimum Gasteiger partial charge on any atom is -0.508 e. The molecule has 1 heterocycles. The van der Waals surface area contributed by atoms with Gasteiger partial charge in [0, 0.05) is 27.7 Å². The van der Waals surface area contributed by atoms with E-state index < -0.39 is 22.7 Å². The highest BCUT2D eigenvalue weighted by atomic mass is 16.6. The Labute approximate surface area is 143 Å². The number of hydrogen-bond acceptors (Lipinski definition) is 6. The molecule has 0 bridgehead atoms. The van der Waals surface area contributed by atoms with E-state index in [1.165, 1.54) is 6.07 Å². The molecule has 2 aromatic carbocycles. The fraction of sp³-hybridized carbons (Fsp3) is 0.222. The Balaban J connectivity index is 2.30. The van der Waals surface area contributed by atoms with Crippen molar-refractivity contribution in [2.75, 3.05) is 0 Å². The molecule has 1 unspecified atom stereocenters. The normalized spacial score (nSPS) is 15.6. The Kier molecular flexibility index (Phi) is 4.22. The molecule has 1 atom stereocenters. The first kappa shape index (κ1) is 16.6. The van der Waals surface area contributed by atoms with Crippen molar-refractivity contribution in [2.45, 2.75) is 25.8 Å². The third-order valence-corrected chi connectivity index (χ3v) is 4.09. The highest BCUT2D eigenvalue weighted by Crippen LogP contribution is 2.44. The van der Waals surface area contributed by atoms with Crippen molar-refractivity contribution in [1.29, 1.82) is 0 Å². The van der Waals surface area contributed by atoms with E-state index in [2.05, 4.69) is 0 Å². The molecule has 0 saturated carbocycles. The van der Waals surface area contributed by atoms with Gasteiger partial charge in [0.2, 0.25) is 0 Å². The van der Waals surface area contributed by atoms with Crippen molar-refractivity contribution in [3.8, 4) is 11.5 Å². The molecule has 0 amide bonds. The van der Waals surface area contributed by atoms with E-state index in [4.69, 9.17) is 4.74 Å². The highest BCUT2D eigenvalue weighted by Gasteiger charge is 2.47. The van der Waals surface area contributed by atoms with Gasteiger partial charge in [0.25, 0.3) is 0 Å². The number of ether oxygens (including phenoxy) is 1. The van der Waals surface area contributed by atoms with Gasteiger partial charge in [-0.2, -0.15) is 0 Å². The molecule has 0 aromatic heterocycles. The topological polar surface area (TPSA) is 107 Å². The number of rotatable bonds is 5. The van der Waals surface area contributed by atoms with Crippen LogP contribution in [0.1, 0.15) is 46.4 Å². The fourth-order valence-electron chi connectivity index (χ4n) is 3.03. The first-order valence-corrected chi connectivity index (χ1v) is 7.79. The Morgan fingerprint density at radius 3 is 2.60 bits per heavy atom. The summed E-state index contributed by atoms with van der Waals surface area (Å²) in [6, 6.07) is 7.63. The SMILES string of the molecule is CCCc1c(O)cc2c(c1C(=O)c1ccccc1)C([N+](=O)[O-])C(=O)O2. The maximum Gasteiger partial charge on any atom is 0.392 e. The summed E-state index contributed by atoms with van der Waals surface area (Å²) < 4.78 is 4.93. The summed E-state index contributed by atoms with van der Waals surface area (Å²) in [4.78, 5) is 35.5. The van der Waals surface area contributed by atoms with Gasteiger partial charge in [0.15, 0.2) is 5.78 Å². The van der Waals surface area contributed by atoms with Crippen LogP contribution in [0, 0.1) is 10.1 Å². The number of benzene rings is 2. The van der Waals surface area contributed by atoms with Crippen LogP contribution in [0.4, 0.5) is 0 Å². The number of carbonyl (C=O) groups excluding carboxylic acids is 2. The maximum atomic E-state index is 13.0. The van der Waals surface area contributed by atoms with Crippen molar-refractivity contribution < 1.29 is 24.4 Å². The summed E-state index contributed by atoms with van der Waals surface area (Å²) in [6.07, 6.45) is 0.949. The molecule has 0 aliphatic carbocycles. The van der Waals surface area contributed by atoms with Gasteiger partial charge in [0.1, 0.15) is 11.5 Å². The molecular formula is C18H15NO6. The van der Waals surface area contributed by atoms with Crippen molar-refractivity contribution in [3.05, 3.63) is 68.8 Å². The van der Waals surface area contributed by atoms with Gasteiger partial charge < -0.3 is 9.84 Å². The number of nitrogens with zero attached hydrogens (tertiary/aromatic N) is 1. The third kappa shape index (κ3) is 2.73. The first-order valence-electron chi connectivity index (χ1n) is 7.79. The third-order valence-electron chi connectivity index (χ3n) is 4.09. The standard InChI is InChI=1S/C18H15NO6/c1-2-6-11-12(20)9-13-15(16(19(23)24)18(22)25-13)14(11)17(21)10-7-4-3-5-8-10/h3-5,7-9,16,20H,2,6H2,1H3. The van der Waals surface area contributed by atoms with Gasteiger partial charge in [-0.25, -0.2) is 4.79 Å². The molecule has 25 heavy (non-hydrogen) atoms. The van der Waals surface area contributed by atoms with E-state index in [1.807, 2.05) is 6.92 Å². The van der Waals surface area contributed by atoms with E-state index in [-0.39, 0.29) is 22.6 Å². The lowest BCUT2D eigenvalue weighted by Crippen LogP contribution is -2.21. The molecule has 1 N–H and O–H groups in total. The number of nitro groups is 1. The van der Waals surface area contributed by atoms with E-state index in [9.17, 15) is 24.8 Å². The summed E-state index contributed by atoms with van der Waals surface area (Å²) in [7, 11) is 0. The van der Waals surface area contributed by atoms with Gasteiger partial charge in [-0.05, 0) is 6.42 Å². The monoisotopic (exact) mass is 341 g/mol. The zero-order valence-corrected chi connectivity index (χ0v) is 13.4. The molecule has 0 saturated heterocycles. The molecule has 1 aliphatic rings. The Bertz CT molecular complexity index is 875. The molecule has 2 aromatic rings. The second-order valence-corrected chi connectivity index (χ2v) is 5.72. The number of fused-ring (bicyclic) bond motifs is 1. The molecule has 0 radical (unpaired) electrons. The second-order valence-electron chi connectivity index (χ2n) is 5.72. The van der Waals surface area contributed by atoms with Crippen LogP contribution >= 0.6 is 0 Å². The van der Waals surface area contributed by atoms with E-state index in [1.54, 1.807) is 30.3 Å². The lowest BCUT2D eigenvalue weighted by molar-refractivity contribution is -0.513. The van der Waals surface area contributed by atoms with Crippen molar-refractivity contribution >= 4 is 11.8 Å². The molecule has 0 spiro atoms. The fourth-order valence-corrected chi connectivity index (χ4v) is 3.03. The molecule has 3 rings (SSSR count). The van der Waals surface area contributed by atoms with E-state index >= 15 is 0 Å². The van der Waals surface area contributed by atoms with Crippen LogP contribution in [0.25, 0.3) is 0 Å². The predicted molar refractivity (Wildman–Crippen MR) is 87.3 cm³/mol. The zero-order valence-electron chi connectivity index (χ0n) is 13.4. The average molecular weight is 341 g/mol. The molecule has 1 aliphatic heterocycles. The van der Waals surface area contributed by atoms with Crippen LogP contribution in [-0.2, 0) is 11.2 Å². The number of phenols is 1. The minimum atomic E-state index is -1.77. The molecule has 128 valence electrons. The van der Waals surface area contributed by atoms with Crippen LogP contribution in [0.3, 0.4) is 0 Å². The van der Waals surface area contributed by atoms with Crippen LogP contribution in [0.5, 0.6) is 11.5 Å². The Morgan fingerprint density at radius 2 is 2.00 bits per heavy atom. The van der Waals surface area contributed by atoms with Crippen molar-refractivity contribution in [3.63, 3.8) is 0 Å². The lowest BCUT2D eigenvalue weighted by Gasteiger charge is -2.14. The van der Waals surface area contributed by atoms with Gasteiger partial charge in [-0.1, -0.05) is 43.7 Å². The highest BCUT2D eigenvalue weighted by molar-refractivity contribution is 6.13. The summed E-state index contributed by atoms with van der Waals surface area (Å²) in [5.74, 6) is -1.89. The predicted octanol–water partition coefficient (Wildman–Crippen LogP) is 2.81. The number of phenolic OH excluding ortho intramolecular Hbond substituents is 1. The van der Waals surface area contributed by atoms with Crippen molar-refractivity contribution in [2.24, 2.45) is 0 Å². The minimum absolute atomic E-state index is 0.0180. The molecule has 0 fully saturated rings. The van der Waals surface area contributed by atoms with E-state index in [0.29, 0.717) is 24.0 Å². The van der Waals surface area contributed by atoms with Gasteiger partial charge in [-0.15, -0.1) is 0 Å². The van der Waals surface area contributed by atoms with Gasteiger partial charge in [0.05, 0.1) is 5.56 Å². The van der Waals surface area contributed by atoms with Crippen LogP contribution < -0.4 is 4.74 Å². The molecule has 7 heteroatoms. The van der Waals surface area contributed by atoms with Gasteiger partial charge >= 0.3 is 12.0 Å². The number of carbonyl (C=O) groups is 2. The summed E-state index contributed by atoms with van der Waals surface area (Å²) in [5.41, 5.74) is 0.509. The number of aromatic hydroxyl groups is 1. The largest absolute Gasteiger partial charge is 0.508 e. The summed E-state index contributed by atoms with van der Waals surface area (Å²) in [6.45, 7) is 1.86. The lowest BCUT2D eigenvalue weighted by atomic mass is 9.88. The Hall–Kier alpha value is -3.22. The Morgan fingerprint density at radius 1 is 1.32 bits per heavy atom. The number of ketones is 1. The van der Waals surface area contributed by atoms with Gasteiger partial charge in [-0.3, -0.25) is 14.9 Å². The maximum absolute atomic E-state index is 13.0. The molecular weight excluding hydrogens is 326 g/mol. The average Bonchev–Trinajstić information content (AvgIpc) is 2.91. The van der Waals surface area contributed by atoms with Crippen LogP contribution in [-0.4, -0.2) is 21.8 Å². The van der Waals surface area contributed by atoms with Crippen LogP contribution in [0.15, 0.2) is 36.4 Å². The second kappa shape index (κ2) is 6.35. The number of hydrogen-bond donors (Lipinski definition) is 1. The zero-order chi connectivity index (χ0) is 18.1. The first-order chi connectivity index (χ1) is 12.0. The molecule has 7 nitrogen and oxygen atoms in total. The van der Waals surface area contributed by atoms with Crippen molar-refractivity contribution in [1.82, 2.24) is 0 Å². The summed E-state index contributed by atoms with van der Waals surface area (Å²) >= 11 is 0. The van der Waals surface area contributed by atoms with Crippen LogP contribution in [0.2, 0.25) is 0 Å². The summed E-state index contributed by atoms with van der Waals surface area (Å²) in [5, 5.41) is 21.7. The quantitative estimate of drug-likeness (QED) is 0.295.